The van der Waals surface area contributed by atoms with Crippen molar-refractivity contribution in [3.8, 4) is 5.75 Å². The van der Waals surface area contributed by atoms with Crippen molar-refractivity contribution < 1.29 is 19.4 Å². The van der Waals surface area contributed by atoms with Gasteiger partial charge in [0.05, 0.1) is 25.2 Å². The molecule has 7 heteroatoms. The van der Waals surface area contributed by atoms with Crippen molar-refractivity contribution in [1.82, 2.24) is 4.57 Å². The van der Waals surface area contributed by atoms with E-state index in [9.17, 15) is 14.7 Å². The summed E-state index contributed by atoms with van der Waals surface area (Å²) < 4.78 is 12.1. The highest BCUT2D eigenvalue weighted by atomic mass is 16.5. The summed E-state index contributed by atoms with van der Waals surface area (Å²) >= 11 is 0. The van der Waals surface area contributed by atoms with Crippen LogP contribution in [0.5, 0.6) is 5.75 Å². The Balaban J connectivity index is 2.31. The number of aliphatic hydroxyl groups excluding tert-OH is 1. The van der Waals surface area contributed by atoms with Gasteiger partial charge in [0, 0.05) is 18.3 Å². The Morgan fingerprint density at radius 3 is 2.64 bits per heavy atom. The average molecular weight is 384 g/mol. The number of carbonyl (C=O) groups is 1. The van der Waals surface area contributed by atoms with Crippen molar-refractivity contribution in [3.05, 3.63) is 75.0 Å². The maximum Gasteiger partial charge on any atom is 0.340 e. The Labute approximate surface area is 163 Å². The number of carbonyl (C=O) groups excluding carboxylic acids is 1. The molecule has 1 aliphatic heterocycles. The van der Waals surface area contributed by atoms with Crippen LogP contribution in [-0.2, 0) is 22.5 Å². The summed E-state index contributed by atoms with van der Waals surface area (Å²) in [6.45, 7) is 1.99. The number of esters is 1. The number of fused-ring (bicyclic) bond motifs is 1. The number of rotatable bonds is 6. The molecule has 1 aromatic heterocycles. The summed E-state index contributed by atoms with van der Waals surface area (Å²) in [5.74, 6) is -1.11. The van der Waals surface area contributed by atoms with Gasteiger partial charge in [0.1, 0.15) is 11.3 Å². The first-order chi connectivity index (χ1) is 13.5. The van der Waals surface area contributed by atoms with E-state index in [1.807, 2.05) is 37.3 Å². The maximum atomic E-state index is 13.4. The normalized spacial score (nSPS) is 15.8. The van der Waals surface area contributed by atoms with Gasteiger partial charge in [-0.2, -0.15) is 0 Å². The highest BCUT2D eigenvalue weighted by molar-refractivity contribution is 5.92. The van der Waals surface area contributed by atoms with Crippen LogP contribution in [0.25, 0.3) is 0 Å². The number of aliphatic hydroxyl groups is 1. The van der Waals surface area contributed by atoms with Gasteiger partial charge >= 0.3 is 5.97 Å². The molecule has 1 atom stereocenters. The molecule has 2 heterocycles. The first-order valence-electron chi connectivity index (χ1n) is 9.21. The van der Waals surface area contributed by atoms with Gasteiger partial charge < -0.3 is 24.9 Å². The van der Waals surface area contributed by atoms with Crippen LogP contribution in [0.3, 0.4) is 0 Å². The van der Waals surface area contributed by atoms with Crippen LogP contribution in [0.1, 0.15) is 36.1 Å². The molecule has 1 aromatic carbocycles. The van der Waals surface area contributed by atoms with Crippen LogP contribution >= 0.6 is 0 Å². The molecule has 0 aliphatic carbocycles. The van der Waals surface area contributed by atoms with E-state index >= 15 is 0 Å². The number of aryl methyl sites for hydroxylation is 1. The van der Waals surface area contributed by atoms with E-state index < -0.39 is 11.9 Å². The zero-order chi connectivity index (χ0) is 20.3. The van der Waals surface area contributed by atoms with Gasteiger partial charge in [0.15, 0.2) is 0 Å². The molecule has 0 saturated heterocycles. The van der Waals surface area contributed by atoms with Crippen molar-refractivity contribution in [1.29, 1.82) is 0 Å². The number of pyridine rings is 1. The predicted octanol–water partition coefficient (Wildman–Crippen LogP) is 1.66. The van der Waals surface area contributed by atoms with Crippen LogP contribution in [0.2, 0.25) is 0 Å². The number of aromatic nitrogens is 1. The minimum absolute atomic E-state index is 0.0741. The molecule has 1 aliphatic rings. The molecule has 0 radical (unpaired) electrons. The molecule has 0 bridgehead atoms. The number of methoxy groups -OCH3 is 1. The molecule has 3 N–H and O–H groups in total. The first kappa shape index (κ1) is 19.7. The van der Waals surface area contributed by atoms with E-state index in [1.165, 1.54) is 11.7 Å². The minimum atomic E-state index is -0.717. The topological polar surface area (TPSA) is 104 Å². The fourth-order valence-corrected chi connectivity index (χ4v) is 3.61. The number of hydrogen-bond donors (Lipinski definition) is 2. The van der Waals surface area contributed by atoms with Crippen molar-refractivity contribution in [3.63, 3.8) is 0 Å². The minimum Gasteiger partial charge on any atom is -0.465 e. The second-order valence-corrected chi connectivity index (χ2v) is 6.56. The zero-order valence-corrected chi connectivity index (χ0v) is 16.0. The Kier molecular flexibility index (Phi) is 5.84. The van der Waals surface area contributed by atoms with Gasteiger partial charge in [-0.05, 0) is 12.0 Å². The number of nitrogens with zero attached hydrogens (tertiary/aromatic N) is 1. The smallest absolute Gasteiger partial charge is 0.340 e. The van der Waals surface area contributed by atoms with Gasteiger partial charge in [-0.25, -0.2) is 4.79 Å². The molecule has 1 unspecified atom stereocenters. The molecular formula is C21H24N2O5. The second-order valence-electron chi connectivity index (χ2n) is 6.56. The van der Waals surface area contributed by atoms with Gasteiger partial charge in [0.2, 0.25) is 5.88 Å². The van der Waals surface area contributed by atoms with Gasteiger partial charge in [-0.3, -0.25) is 4.79 Å². The molecule has 28 heavy (non-hydrogen) atoms. The van der Waals surface area contributed by atoms with E-state index in [-0.39, 0.29) is 30.2 Å². The molecule has 2 aromatic rings. The summed E-state index contributed by atoms with van der Waals surface area (Å²) in [6.07, 6.45) is 1.47. The van der Waals surface area contributed by atoms with E-state index in [0.29, 0.717) is 17.7 Å². The van der Waals surface area contributed by atoms with Crippen LogP contribution in [0.4, 0.5) is 0 Å². The molecule has 148 valence electrons. The molecule has 0 fully saturated rings. The lowest BCUT2D eigenvalue weighted by Gasteiger charge is -2.29. The van der Waals surface area contributed by atoms with E-state index in [1.54, 1.807) is 6.07 Å². The van der Waals surface area contributed by atoms with Gasteiger partial charge in [-0.1, -0.05) is 43.7 Å². The largest absolute Gasteiger partial charge is 0.465 e. The fraction of sp³-hybridized carbons (Fsp3) is 0.333. The summed E-state index contributed by atoms with van der Waals surface area (Å²) in [6, 6.07) is 10.9. The standard InChI is InChI=1S/C21H24N2O5/c1-3-7-14-12-15-17(20(25)23(14)10-11-24)16(13-8-5-4-6-9-13)18(19(22)28-15)21(26)27-2/h4-6,8-9,12,16,24H,3,7,10-11,22H2,1-2H3. The van der Waals surface area contributed by atoms with Crippen LogP contribution in [0.15, 0.2) is 52.6 Å². The van der Waals surface area contributed by atoms with Crippen molar-refractivity contribution in [2.45, 2.75) is 32.2 Å². The van der Waals surface area contributed by atoms with Crippen LogP contribution < -0.4 is 16.0 Å². The Morgan fingerprint density at radius 1 is 1.32 bits per heavy atom. The molecule has 7 nitrogen and oxygen atoms in total. The highest BCUT2D eigenvalue weighted by Crippen LogP contribution is 2.41. The third-order valence-electron chi connectivity index (χ3n) is 4.82. The summed E-state index contributed by atoms with van der Waals surface area (Å²) in [5.41, 5.74) is 7.66. The van der Waals surface area contributed by atoms with E-state index in [4.69, 9.17) is 15.2 Å². The molecular weight excluding hydrogens is 360 g/mol. The third kappa shape index (κ3) is 3.41. The van der Waals surface area contributed by atoms with E-state index in [0.717, 1.165) is 17.7 Å². The number of hydrogen-bond acceptors (Lipinski definition) is 6. The van der Waals surface area contributed by atoms with Crippen LogP contribution in [0, 0.1) is 0 Å². The maximum absolute atomic E-state index is 13.4. The van der Waals surface area contributed by atoms with Crippen molar-refractivity contribution in [2.24, 2.45) is 5.73 Å². The number of ether oxygens (including phenoxy) is 2. The summed E-state index contributed by atoms with van der Waals surface area (Å²) in [5, 5.41) is 9.45. The quantitative estimate of drug-likeness (QED) is 0.734. The van der Waals surface area contributed by atoms with Crippen molar-refractivity contribution in [2.75, 3.05) is 13.7 Å². The lowest BCUT2D eigenvalue weighted by atomic mass is 9.83. The SMILES string of the molecule is CCCc1cc2c(c(=O)n1CCO)C(c1ccccc1)C(C(=O)OC)=C(N)O2. The van der Waals surface area contributed by atoms with Crippen LogP contribution in [-0.4, -0.2) is 29.4 Å². The number of nitrogens with two attached hydrogens (primary N) is 1. The monoisotopic (exact) mass is 384 g/mol. The Bertz CT molecular complexity index is 963. The molecule has 0 saturated carbocycles. The molecule has 0 spiro atoms. The fourth-order valence-electron chi connectivity index (χ4n) is 3.61. The number of benzene rings is 1. The van der Waals surface area contributed by atoms with Gasteiger partial charge in [-0.15, -0.1) is 0 Å². The molecule has 0 amide bonds. The predicted molar refractivity (Wildman–Crippen MR) is 104 cm³/mol. The lowest BCUT2D eigenvalue weighted by molar-refractivity contribution is -0.136. The zero-order valence-electron chi connectivity index (χ0n) is 16.0. The Hall–Kier alpha value is -3.06. The first-order valence-corrected chi connectivity index (χ1v) is 9.21. The van der Waals surface area contributed by atoms with Crippen molar-refractivity contribution >= 4 is 5.97 Å². The lowest BCUT2D eigenvalue weighted by Crippen LogP contribution is -2.36. The van der Waals surface area contributed by atoms with E-state index in [2.05, 4.69) is 0 Å². The average Bonchev–Trinajstić information content (AvgIpc) is 2.70. The highest BCUT2D eigenvalue weighted by Gasteiger charge is 2.38. The second kappa shape index (κ2) is 8.31. The summed E-state index contributed by atoms with van der Waals surface area (Å²) in [4.78, 5) is 25.9. The Morgan fingerprint density at radius 2 is 2.04 bits per heavy atom. The summed E-state index contributed by atoms with van der Waals surface area (Å²) in [7, 11) is 1.26. The van der Waals surface area contributed by atoms with Gasteiger partial charge in [0.25, 0.3) is 5.56 Å². The molecule has 3 rings (SSSR count). The third-order valence-corrected chi connectivity index (χ3v) is 4.82.